The van der Waals surface area contributed by atoms with Crippen molar-refractivity contribution < 1.29 is 9.59 Å². The number of benzene rings is 1. The molecule has 0 saturated heterocycles. The Kier molecular flexibility index (Phi) is 4.16. The molecule has 1 aliphatic heterocycles. The molecule has 0 saturated carbocycles. The lowest BCUT2D eigenvalue weighted by atomic mass is 10.2. The summed E-state index contributed by atoms with van der Waals surface area (Å²) in [6.07, 6.45) is 3.44. The van der Waals surface area contributed by atoms with E-state index in [9.17, 15) is 9.59 Å². The average Bonchev–Trinajstić information content (AvgIpc) is 3.27. The van der Waals surface area contributed by atoms with Crippen LogP contribution in [0.15, 0.2) is 48.7 Å². The first-order valence-electron chi connectivity index (χ1n) is 8.85. The summed E-state index contributed by atoms with van der Waals surface area (Å²) in [5.41, 5.74) is 3.00. The second-order valence-corrected chi connectivity index (χ2v) is 6.33. The van der Waals surface area contributed by atoms with Gasteiger partial charge >= 0.3 is 0 Å². The summed E-state index contributed by atoms with van der Waals surface area (Å²) in [7, 11) is 0. The van der Waals surface area contributed by atoms with Gasteiger partial charge in [-0.25, -0.2) is 4.98 Å². The predicted molar refractivity (Wildman–Crippen MR) is 99.6 cm³/mol. The summed E-state index contributed by atoms with van der Waals surface area (Å²) in [6.45, 7) is 3.19. The molecular weight excluding hydrogens is 328 g/mol. The number of hydrogen-bond donors (Lipinski definition) is 1. The van der Waals surface area contributed by atoms with Gasteiger partial charge in [0, 0.05) is 25.0 Å². The molecule has 1 N–H and O–H groups in total. The van der Waals surface area contributed by atoms with Crippen LogP contribution in [0.25, 0.3) is 5.52 Å². The molecule has 0 fully saturated rings. The van der Waals surface area contributed by atoms with Crippen LogP contribution >= 0.6 is 0 Å². The van der Waals surface area contributed by atoms with E-state index < -0.39 is 0 Å². The Morgan fingerprint density at radius 2 is 1.96 bits per heavy atom. The summed E-state index contributed by atoms with van der Waals surface area (Å²) < 4.78 is 1.70. The van der Waals surface area contributed by atoms with Crippen LogP contribution in [-0.4, -0.2) is 34.3 Å². The van der Waals surface area contributed by atoms with E-state index in [4.69, 9.17) is 0 Å². The third-order valence-corrected chi connectivity index (χ3v) is 4.62. The van der Waals surface area contributed by atoms with E-state index in [1.165, 1.54) is 0 Å². The number of nitrogens with one attached hydrogen (secondary N) is 1. The average molecular weight is 348 g/mol. The molecule has 0 spiro atoms. The van der Waals surface area contributed by atoms with Crippen LogP contribution in [0.5, 0.6) is 0 Å². The number of carbonyl (C=O) groups is 2. The van der Waals surface area contributed by atoms with Crippen molar-refractivity contribution in [2.45, 2.75) is 19.8 Å². The minimum atomic E-state index is -0.253. The molecule has 0 bridgehead atoms. The fourth-order valence-corrected chi connectivity index (χ4v) is 3.35. The van der Waals surface area contributed by atoms with Gasteiger partial charge in [0.25, 0.3) is 11.8 Å². The number of carbonyl (C=O) groups excluding carboxylic acids is 2. The zero-order chi connectivity index (χ0) is 18.1. The molecule has 2 amide bonds. The molecule has 4 rings (SSSR count). The van der Waals surface area contributed by atoms with Crippen molar-refractivity contribution in [1.29, 1.82) is 0 Å². The SMILES string of the molecule is CCCNC(=O)c1nc(C(=O)N2CCc3ccccc32)n2ccccc12. The Morgan fingerprint density at radius 1 is 1.15 bits per heavy atom. The molecule has 0 radical (unpaired) electrons. The van der Waals surface area contributed by atoms with Gasteiger partial charge in [-0.05, 0) is 36.6 Å². The first-order chi connectivity index (χ1) is 12.7. The van der Waals surface area contributed by atoms with Gasteiger partial charge in [-0.15, -0.1) is 0 Å². The first-order valence-corrected chi connectivity index (χ1v) is 8.85. The molecule has 1 aromatic carbocycles. The molecule has 132 valence electrons. The highest BCUT2D eigenvalue weighted by Gasteiger charge is 2.29. The van der Waals surface area contributed by atoms with Gasteiger partial charge in [-0.2, -0.15) is 0 Å². The number of fused-ring (bicyclic) bond motifs is 2. The predicted octanol–water partition coefficient (Wildman–Crippen LogP) is 2.68. The Labute approximate surface area is 151 Å². The number of para-hydroxylation sites is 1. The zero-order valence-corrected chi connectivity index (χ0v) is 14.6. The Balaban J connectivity index is 1.75. The van der Waals surface area contributed by atoms with Crippen LogP contribution < -0.4 is 10.2 Å². The molecule has 1 aliphatic rings. The molecule has 3 heterocycles. The number of nitrogens with zero attached hydrogens (tertiary/aromatic N) is 3. The van der Waals surface area contributed by atoms with Crippen molar-refractivity contribution in [3.63, 3.8) is 0 Å². The van der Waals surface area contributed by atoms with Crippen LogP contribution in [0.3, 0.4) is 0 Å². The van der Waals surface area contributed by atoms with Crippen molar-refractivity contribution in [3.8, 4) is 0 Å². The Morgan fingerprint density at radius 3 is 2.81 bits per heavy atom. The van der Waals surface area contributed by atoms with Gasteiger partial charge in [0.1, 0.15) is 0 Å². The van der Waals surface area contributed by atoms with E-state index in [1.54, 1.807) is 15.5 Å². The molecule has 26 heavy (non-hydrogen) atoms. The van der Waals surface area contributed by atoms with Crippen molar-refractivity contribution in [3.05, 3.63) is 65.7 Å². The number of aromatic nitrogens is 2. The van der Waals surface area contributed by atoms with E-state index >= 15 is 0 Å². The minimum Gasteiger partial charge on any atom is -0.351 e. The van der Waals surface area contributed by atoms with Crippen molar-refractivity contribution in [2.75, 3.05) is 18.0 Å². The second-order valence-electron chi connectivity index (χ2n) is 6.33. The lowest BCUT2D eigenvalue weighted by molar-refractivity contribution is 0.0951. The second kappa shape index (κ2) is 6.63. The molecule has 2 aromatic heterocycles. The highest BCUT2D eigenvalue weighted by Crippen LogP contribution is 2.29. The summed E-state index contributed by atoms with van der Waals surface area (Å²) in [5.74, 6) is -0.180. The maximum atomic E-state index is 13.2. The van der Waals surface area contributed by atoms with Crippen LogP contribution in [-0.2, 0) is 6.42 Å². The lowest BCUT2D eigenvalue weighted by Crippen LogP contribution is -2.30. The van der Waals surface area contributed by atoms with Crippen molar-refractivity contribution in [2.24, 2.45) is 0 Å². The molecule has 3 aromatic rings. The van der Waals surface area contributed by atoms with Gasteiger partial charge < -0.3 is 10.2 Å². The van der Waals surface area contributed by atoms with E-state index in [0.717, 1.165) is 24.1 Å². The maximum Gasteiger partial charge on any atom is 0.294 e. The third-order valence-electron chi connectivity index (χ3n) is 4.62. The lowest BCUT2D eigenvalue weighted by Gasteiger charge is -2.16. The summed E-state index contributed by atoms with van der Waals surface area (Å²) in [5, 5.41) is 2.84. The first kappa shape index (κ1) is 16.3. The van der Waals surface area contributed by atoms with E-state index in [1.807, 2.05) is 49.4 Å². The van der Waals surface area contributed by atoms with E-state index in [-0.39, 0.29) is 23.3 Å². The van der Waals surface area contributed by atoms with Gasteiger partial charge in [0.2, 0.25) is 5.82 Å². The largest absolute Gasteiger partial charge is 0.351 e. The summed E-state index contributed by atoms with van der Waals surface area (Å²) >= 11 is 0. The number of pyridine rings is 1. The van der Waals surface area contributed by atoms with Crippen molar-refractivity contribution in [1.82, 2.24) is 14.7 Å². The molecular formula is C20H20N4O2. The quantitative estimate of drug-likeness (QED) is 0.788. The molecule has 6 nitrogen and oxygen atoms in total. The van der Waals surface area contributed by atoms with Crippen molar-refractivity contribution >= 4 is 23.0 Å². The summed E-state index contributed by atoms with van der Waals surface area (Å²) in [6, 6.07) is 13.4. The topological polar surface area (TPSA) is 66.7 Å². The van der Waals surface area contributed by atoms with Crippen LogP contribution in [0.2, 0.25) is 0 Å². The molecule has 0 unspecified atom stereocenters. The Bertz CT molecular complexity index is 992. The van der Waals surface area contributed by atoms with Crippen LogP contribution in [0.1, 0.15) is 40.0 Å². The van der Waals surface area contributed by atoms with Gasteiger partial charge in [-0.1, -0.05) is 31.2 Å². The molecule has 6 heteroatoms. The van der Waals surface area contributed by atoms with E-state index in [0.29, 0.717) is 18.6 Å². The Hall–Kier alpha value is -3.15. The molecule has 0 aliphatic carbocycles. The number of imidazole rings is 1. The number of anilines is 1. The highest BCUT2D eigenvalue weighted by molar-refractivity contribution is 6.08. The zero-order valence-electron chi connectivity index (χ0n) is 14.6. The van der Waals surface area contributed by atoms with E-state index in [2.05, 4.69) is 10.3 Å². The smallest absolute Gasteiger partial charge is 0.294 e. The van der Waals surface area contributed by atoms with Gasteiger partial charge in [0.15, 0.2) is 5.69 Å². The number of hydrogen-bond acceptors (Lipinski definition) is 3. The third kappa shape index (κ3) is 2.63. The van der Waals surface area contributed by atoms with Gasteiger partial charge in [0.05, 0.1) is 5.52 Å². The fourth-order valence-electron chi connectivity index (χ4n) is 3.35. The maximum absolute atomic E-state index is 13.2. The summed E-state index contributed by atoms with van der Waals surface area (Å²) in [4.78, 5) is 31.8. The molecule has 0 atom stereocenters. The van der Waals surface area contributed by atoms with Crippen LogP contribution in [0, 0.1) is 0 Å². The number of rotatable bonds is 4. The standard InChI is InChI=1S/C20H20N4O2/c1-2-11-21-19(25)17-16-9-5-6-12-23(16)18(22-17)20(26)24-13-10-14-7-3-4-8-15(14)24/h3-9,12H,2,10-11,13H2,1H3,(H,21,25). The van der Waals surface area contributed by atoms with Gasteiger partial charge in [-0.3, -0.25) is 14.0 Å². The highest BCUT2D eigenvalue weighted by atomic mass is 16.2. The van der Waals surface area contributed by atoms with Crippen LogP contribution in [0.4, 0.5) is 5.69 Å². The normalized spacial score (nSPS) is 13.0. The number of amides is 2. The fraction of sp³-hybridized carbons (Fsp3) is 0.250. The minimum absolute atomic E-state index is 0.189. The monoisotopic (exact) mass is 348 g/mol.